The molecule has 1 rings (SSSR count). The van der Waals surface area contributed by atoms with Crippen molar-refractivity contribution in [2.75, 3.05) is 0 Å². The Morgan fingerprint density at radius 1 is 1.42 bits per heavy atom. The number of nitrogens with one attached hydrogen (secondary N) is 1. The first kappa shape index (κ1) is 9.03. The molecule has 1 unspecified atom stereocenters. The topological polar surface area (TPSA) is 55.1 Å². The van der Waals surface area contributed by atoms with Crippen molar-refractivity contribution in [2.24, 2.45) is 5.73 Å². The second kappa shape index (κ2) is 4.09. The maximum atomic E-state index is 10.8. The maximum absolute atomic E-state index is 10.8. The van der Waals surface area contributed by atoms with Gasteiger partial charge in [0.05, 0.1) is 0 Å². The molecule has 0 heterocycles. The summed E-state index contributed by atoms with van der Waals surface area (Å²) in [6, 6.07) is 8.44. The molecule has 1 amide bonds. The van der Waals surface area contributed by atoms with Crippen LogP contribution in [-0.4, -0.2) is 5.91 Å². The Morgan fingerprint density at radius 2 is 2.00 bits per heavy atom. The number of benzene rings is 1. The Morgan fingerprint density at radius 3 is 2.42 bits per heavy atom. The predicted molar refractivity (Wildman–Crippen MR) is 47.4 cm³/mol. The lowest BCUT2D eigenvalue weighted by molar-refractivity contribution is -0.119. The fourth-order valence-electron chi connectivity index (χ4n) is 0.927. The summed E-state index contributed by atoms with van der Waals surface area (Å²) in [5, 5.41) is 0. The zero-order chi connectivity index (χ0) is 8.97. The molecule has 3 N–H and O–H groups in total. The average Bonchev–Trinajstić information content (AvgIpc) is 2.07. The molecule has 1 aromatic carbocycles. The van der Waals surface area contributed by atoms with E-state index in [1.54, 1.807) is 12.1 Å². The Kier molecular flexibility index (Phi) is 3.08. The normalized spacial score (nSPS) is 12.4. The van der Waals surface area contributed by atoms with Gasteiger partial charge < -0.3 is 5.73 Å². The molecule has 0 aromatic heterocycles. The van der Waals surface area contributed by atoms with E-state index in [1.807, 2.05) is 18.2 Å². The highest BCUT2D eigenvalue weighted by Gasteiger charge is 2.14. The molecule has 12 heavy (non-hydrogen) atoms. The molecule has 0 fully saturated rings. The zero-order valence-corrected chi connectivity index (χ0v) is 7.08. The van der Waals surface area contributed by atoms with Gasteiger partial charge in [0.15, 0.2) is 0 Å². The van der Waals surface area contributed by atoms with Gasteiger partial charge in [-0.2, -0.15) is 0 Å². The van der Waals surface area contributed by atoms with Crippen molar-refractivity contribution in [3.8, 4) is 0 Å². The number of carbonyl (C=O) groups is 1. The first-order valence-electron chi connectivity index (χ1n) is 3.46. The van der Waals surface area contributed by atoms with E-state index in [-0.39, 0.29) is 0 Å². The molecule has 0 aliphatic carbocycles. The van der Waals surface area contributed by atoms with Gasteiger partial charge in [-0.05, 0) is 17.3 Å². The third-order valence-electron chi connectivity index (χ3n) is 1.53. The van der Waals surface area contributed by atoms with Gasteiger partial charge in [-0.1, -0.05) is 30.3 Å². The second-order valence-electron chi connectivity index (χ2n) is 2.36. The highest BCUT2D eigenvalue weighted by molar-refractivity contribution is 6.15. The highest BCUT2D eigenvalue weighted by Crippen LogP contribution is 2.11. The molecule has 0 radical (unpaired) electrons. The fraction of sp³-hybridized carbons (Fsp3) is 0.125. The van der Waals surface area contributed by atoms with Crippen molar-refractivity contribution in [1.29, 1.82) is 0 Å². The monoisotopic (exact) mass is 184 g/mol. The van der Waals surface area contributed by atoms with Crippen molar-refractivity contribution >= 4 is 17.7 Å². The lowest BCUT2D eigenvalue weighted by Crippen LogP contribution is -2.28. The summed E-state index contributed by atoms with van der Waals surface area (Å²) in [4.78, 5) is 13.1. The number of nitrogens with two attached hydrogens (primary N) is 1. The third-order valence-corrected chi connectivity index (χ3v) is 1.74. The minimum absolute atomic E-state index is 0.490. The highest BCUT2D eigenvalue weighted by atomic mass is 35.5. The van der Waals surface area contributed by atoms with Crippen LogP contribution in [0.1, 0.15) is 11.6 Å². The summed E-state index contributed by atoms with van der Waals surface area (Å²) < 4.78 is 0. The summed E-state index contributed by atoms with van der Waals surface area (Å²) in [7, 11) is 0. The summed E-state index contributed by atoms with van der Waals surface area (Å²) in [5.74, 6) is -0.490. The first-order valence-corrected chi connectivity index (χ1v) is 3.84. The number of hydrogen-bond donors (Lipinski definition) is 2. The van der Waals surface area contributed by atoms with Crippen LogP contribution in [-0.2, 0) is 4.79 Å². The number of amides is 1. The predicted octanol–water partition coefficient (Wildman–Crippen LogP) is 0.956. The van der Waals surface area contributed by atoms with Gasteiger partial charge in [-0.25, -0.2) is 4.84 Å². The SMILES string of the molecule is NC(=O)C(NCl)c1ccccc1. The van der Waals surface area contributed by atoms with E-state index in [2.05, 4.69) is 4.84 Å². The Labute approximate surface area is 75.6 Å². The van der Waals surface area contributed by atoms with Crippen LogP contribution in [0.25, 0.3) is 0 Å². The summed E-state index contributed by atoms with van der Waals surface area (Å²) in [6.45, 7) is 0. The van der Waals surface area contributed by atoms with E-state index in [4.69, 9.17) is 17.5 Å². The van der Waals surface area contributed by atoms with Crippen LogP contribution < -0.4 is 10.6 Å². The number of carbonyl (C=O) groups excluding carboxylic acids is 1. The van der Waals surface area contributed by atoms with Gasteiger partial charge in [0, 0.05) is 0 Å². The van der Waals surface area contributed by atoms with Crippen LogP contribution in [0.15, 0.2) is 30.3 Å². The molecule has 3 nitrogen and oxygen atoms in total. The second-order valence-corrected chi connectivity index (χ2v) is 2.57. The van der Waals surface area contributed by atoms with E-state index in [9.17, 15) is 4.79 Å². The van der Waals surface area contributed by atoms with Gasteiger partial charge in [-0.15, -0.1) is 0 Å². The quantitative estimate of drug-likeness (QED) is 0.688. The molecular formula is C8H9ClN2O. The van der Waals surface area contributed by atoms with Gasteiger partial charge in [-0.3, -0.25) is 4.79 Å². The van der Waals surface area contributed by atoms with E-state index in [1.165, 1.54) is 0 Å². The summed E-state index contributed by atoms with van der Waals surface area (Å²) >= 11 is 5.35. The van der Waals surface area contributed by atoms with Crippen molar-refractivity contribution in [3.05, 3.63) is 35.9 Å². The van der Waals surface area contributed by atoms with Crippen molar-refractivity contribution in [3.63, 3.8) is 0 Å². The average molecular weight is 185 g/mol. The van der Waals surface area contributed by atoms with Crippen molar-refractivity contribution < 1.29 is 4.79 Å². The van der Waals surface area contributed by atoms with E-state index in [0.717, 1.165) is 5.56 Å². The first-order chi connectivity index (χ1) is 5.75. The molecule has 0 saturated heterocycles. The van der Waals surface area contributed by atoms with Gasteiger partial charge >= 0.3 is 0 Å². The lowest BCUT2D eigenvalue weighted by Gasteiger charge is -2.09. The van der Waals surface area contributed by atoms with Gasteiger partial charge in [0.25, 0.3) is 0 Å². The third kappa shape index (κ3) is 1.96. The minimum Gasteiger partial charge on any atom is -0.368 e. The number of halogens is 1. The van der Waals surface area contributed by atoms with Crippen LogP contribution >= 0.6 is 11.8 Å². The molecule has 0 saturated carbocycles. The lowest BCUT2D eigenvalue weighted by atomic mass is 10.1. The minimum atomic E-state index is -0.618. The fourth-order valence-corrected chi connectivity index (χ4v) is 1.16. The zero-order valence-electron chi connectivity index (χ0n) is 6.33. The summed E-state index contributed by atoms with van der Waals surface area (Å²) in [6.07, 6.45) is 0. The maximum Gasteiger partial charge on any atom is 0.240 e. The van der Waals surface area contributed by atoms with Crippen LogP contribution in [0.4, 0.5) is 0 Å². The number of rotatable bonds is 3. The smallest absolute Gasteiger partial charge is 0.240 e. The molecule has 1 aromatic rings. The van der Waals surface area contributed by atoms with Crippen LogP contribution in [0.3, 0.4) is 0 Å². The van der Waals surface area contributed by atoms with Gasteiger partial charge in [0.2, 0.25) is 5.91 Å². The molecule has 64 valence electrons. The number of hydrogen-bond acceptors (Lipinski definition) is 2. The van der Waals surface area contributed by atoms with Crippen LogP contribution in [0.5, 0.6) is 0 Å². The molecule has 4 heteroatoms. The van der Waals surface area contributed by atoms with Crippen molar-refractivity contribution in [2.45, 2.75) is 6.04 Å². The molecular weight excluding hydrogens is 176 g/mol. The molecule has 0 aliphatic heterocycles. The molecule has 0 spiro atoms. The van der Waals surface area contributed by atoms with Crippen LogP contribution in [0.2, 0.25) is 0 Å². The van der Waals surface area contributed by atoms with Crippen molar-refractivity contribution in [1.82, 2.24) is 4.84 Å². The number of primary amides is 1. The largest absolute Gasteiger partial charge is 0.368 e. The summed E-state index contributed by atoms with van der Waals surface area (Å²) in [5.41, 5.74) is 5.86. The van der Waals surface area contributed by atoms with E-state index < -0.39 is 11.9 Å². The van der Waals surface area contributed by atoms with Gasteiger partial charge in [0.1, 0.15) is 6.04 Å². The Balaban J connectivity index is 2.88. The van der Waals surface area contributed by atoms with Crippen LogP contribution in [0, 0.1) is 0 Å². The molecule has 0 aliphatic rings. The Hall–Kier alpha value is -1.06. The standard InChI is InChI=1S/C8H9ClN2O/c9-11-7(8(10)12)6-4-2-1-3-5-6/h1-5,7,11H,(H2,10,12). The van der Waals surface area contributed by atoms with E-state index >= 15 is 0 Å². The molecule has 1 atom stereocenters. The molecule has 0 bridgehead atoms. The van der Waals surface area contributed by atoms with E-state index in [0.29, 0.717) is 0 Å². The Bertz CT molecular complexity index is 263.